The van der Waals surface area contributed by atoms with Crippen LogP contribution in [0.2, 0.25) is 0 Å². The molecule has 12 nitrogen and oxygen atoms in total. The average molecular weight is 757 g/mol. The number of anilines is 2. The van der Waals surface area contributed by atoms with E-state index in [0.29, 0.717) is 56.2 Å². The average Bonchev–Trinajstić information content (AvgIpc) is 3.38. The summed E-state index contributed by atoms with van der Waals surface area (Å²) in [5, 5.41) is 2.77. The summed E-state index contributed by atoms with van der Waals surface area (Å²) in [5.74, 6) is -0.176. The maximum atomic E-state index is 15.7. The lowest BCUT2D eigenvalue weighted by Crippen LogP contribution is -2.27. The number of amides is 1. The predicted molar refractivity (Wildman–Crippen MR) is 195 cm³/mol. The van der Waals surface area contributed by atoms with Crippen molar-refractivity contribution in [2.75, 3.05) is 24.3 Å². The number of nitrogen functional groups attached to an aromatic ring is 1. The van der Waals surface area contributed by atoms with Gasteiger partial charge in [-0.3, -0.25) is 5.32 Å². The minimum atomic E-state index is -0.699. The quantitative estimate of drug-likeness (QED) is 0.124. The molecule has 3 aromatic carbocycles. The maximum absolute atomic E-state index is 15.7. The number of ether oxygens (including phenoxy) is 4. The van der Waals surface area contributed by atoms with E-state index in [4.69, 9.17) is 24.7 Å². The number of nitrogens with one attached hydrogen (secondary N) is 1. The van der Waals surface area contributed by atoms with Gasteiger partial charge in [-0.15, -0.1) is 0 Å². The molecule has 0 aliphatic heterocycles. The number of benzene rings is 3. The third-order valence-electron chi connectivity index (χ3n) is 7.34. The van der Waals surface area contributed by atoms with Gasteiger partial charge in [0, 0.05) is 41.0 Å². The van der Waals surface area contributed by atoms with Crippen molar-refractivity contribution in [2.24, 2.45) is 0 Å². The lowest BCUT2D eigenvalue weighted by atomic mass is 10.1. The van der Waals surface area contributed by atoms with Crippen LogP contribution in [0, 0.1) is 12.7 Å². The molecule has 0 spiro atoms. The highest BCUT2D eigenvalue weighted by Crippen LogP contribution is 2.45. The van der Waals surface area contributed by atoms with E-state index in [1.54, 1.807) is 62.6 Å². The van der Waals surface area contributed by atoms with E-state index >= 15 is 4.39 Å². The van der Waals surface area contributed by atoms with Crippen molar-refractivity contribution in [1.82, 2.24) is 24.5 Å². The standard InChI is InChI=1S/C37H35BrFN7O5/c1-22-14-15-41-35(44-22)50-28-13-11-25(19-27(28)39)46-32(30(38)31-33(46)34(40)43-21-42-31)26-12-10-24(45-36(47)51-37(2,3)4)18-29(26)49-17-16-48-20-23-8-6-5-7-9-23/h5-15,18-19,21H,16-17,20H2,1-4H3,(H,45,47)(H2,40,42,43). The van der Waals surface area contributed by atoms with Gasteiger partial charge in [0.2, 0.25) is 0 Å². The molecule has 0 aliphatic rings. The first-order chi connectivity index (χ1) is 24.5. The molecule has 1 amide bonds. The number of halogens is 2. The second-order valence-corrected chi connectivity index (χ2v) is 13.2. The van der Waals surface area contributed by atoms with Crippen LogP contribution < -0.4 is 20.5 Å². The fourth-order valence-corrected chi connectivity index (χ4v) is 5.87. The fourth-order valence-electron chi connectivity index (χ4n) is 5.19. The van der Waals surface area contributed by atoms with E-state index < -0.39 is 17.5 Å². The number of aromatic nitrogens is 5. The molecule has 0 bridgehead atoms. The Morgan fingerprint density at radius 2 is 1.78 bits per heavy atom. The summed E-state index contributed by atoms with van der Waals surface area (Å²) >= 11 is 3.73. The van der Waals surface area contributed by atoms with Gasteiger partial charge in [0.05, 0.1) is 23.4 Å². The first-order valence-electron chi connectivity index (χ1n) is 15.9. The Hall–Kier alpha value is -5.60. The lowest BCUT2D eigenvalue weighted by molar-refractivity contribution is 0.0636. The zero-order valence-corrected chi connectivity index (χ0v) is 29.9. The van der Waals surface area contributed by atoms with E-state index in [1.807, 2.05) is 30.3 Å². The van der Waals surface area contributed by atoms with Crippen molar-refractivity contribution < 1.29 is 28.1 Å². The largest absolute Gasteiger partial charge is 0.490 e. The van der Waals surface area contributed by atoms with Gasteiger partial charge in [-0.05, 0) is 79.5 Å². The van der Waals surface area contributed by atoms with Crippen LogP contribution in [0.25, 0.3) is 28.0 Å². The molecule has 51 heavy (non-hydrogen) atoms. The number of fused-ring (bicyclic) bond motifs is 1. The number of nitrogens with two attached hydrogens (primary N) is 1. The molecule has 6 rings (SSSR count). The van der Waals surface area contributed by atoms with Crippen LogP contribution in [-0.2, 0) is 16.1 Å². The van der Waals surface area contributed by atoms with E-state index in [-0.39, 0.29) is 30.8 Å². The van der Waals surface area contributed by atoms with Crippen molar-refractivity contribution >= 4 is 44.6 Å². The minimum Gasteiger partial charge on any atom is -0.490 e. The molecule has 14 heteroatoms. The monoisotopic (exact) mass is 755 g/mol. The fraction of sp³-hybridized carbons (Fsp3) is 0.216. The SMILES string of the molecule is Cc1ccnc(Oc2ccc(-n3c(-c4ccc(NC(=O)OC(C)(C)C)cc4OCCOCc4ccccc4)c(Br)c4ncnc(N)c43)cc2F)n1. The topological polar surface area (TPSA) is 149 Å². The zero-order valence-electron chi connectivity index (χ0n) is 28.3. The molecule has 0 fully saturated rings. The Morgan fingerprint density at radius 1 is 0.980 bits per heavy atom. The zero-order chi connectivity index (χ0) is 36.1. The molecule has 0 saturated heterocycles. The summed E-state index contributed by atoms with van der Waals surface area (Å²) in [7, 11) is 0. The predicted octanol–water partition coefficient (Wildman–Crippen LogP) is 8.40. The van der Waals surface area contributed by atoms with Crippen molar-refractivity contribution in [1.29, 1.82) is 0 Å². The van der Waals surface area contributed by atoms with Gasteiger partial charge in [-0.25, -0.2) is 29.1 Å². The number of hydrogen-bond acceptors (Lipinski definition) is 10. The number of rotatable bonds is 11. The van der Waals surface area contributed by atoms with Gasteiger partial charge in [-0.1, -0.05) is 30.3 Å². The highest BCUT2D eigenvalue weighted by Gasteiger charge is 2.26. The molecule has 0 saturated carbocycles. The molecule has 0 radical (unpaired) electrons. The smallest absolute Gasteiger partial charge is 0.412 e. The van der Waals surface area contributed by atoms with Gasteiger partial charge in [0.1, 0.15) is 35.3 Å². The molecular formula is C37H35BrFN7O5. The van der Waals surface area contributed by atoms with Gasteiger partial charge in [0.15, 0.2) is 17.4 Å². The number of nitrogens with zero attached hydrogens (tertiary/aromatic N) is 5. The molecule has 3 heterocycles. The van der Waals surface area contributed by atoms with E-state index in [0.717, 1.165) is 5.56 Å². The number of aryl methyl sites for hydroxylation is 1. The Labute approximate surface area is 301 Å². The summed E-state index contributed by atoms with van der Waals surface area (Å²) in [6.45, 7) is 7.99. The highest BCUT2D eigenvalue weighted by atomic mass is 79.9. The minimum absolute atomic E-state index is 0.0174. The molecule has 6 aromatic rings. The molecule has 3 N–H and O–H groups in total. The maximum Gasteiger partial charge on any atom is 0.412 e. The summed E-state index contributed by atoms with van der Waals surface area (Å²) < 4.78 is 41.3. The molecule has 0 aliphatic carbocycles. The molecule has 0 unspecified atom stereocenters. The van der Waals surface area contributed by atoms with Gasteiger partial charge < -0.3 is 29.2 Å². The Bertz CT molecular complexity index is 2190. The first-order valence-corrected chi connectivity index (χ1v) is 16.7. The van der Waals surface area contributed by atoms with E-state index in [9.17, 15) is 4.79 Å². The van der Waals surface area contributed by atoms with Crippen molar-refractivity contribution in [2.45, 2.75) is 39.9 Å². The lowest BCUT2D eigenvalue weighted by Gasteiger charge is -2.20. The van der Waals surface area contributed by atoms with E-state index in [2.05, 4.69) is 41.2 Å². The van der Waals surface area contributed by atoms with Crippen molar-refractivity contribution in [3.8, 4) is 34.5 Å². The number of hydrogen-bond donors (Lipinski definition) is 2. The van der Waals surface area contributed by atoms with Crippen LogP contribution in [-0.4, -0.2) is 49.4 Å². The van der Waals surface area contributed by atoms with Crippen LogP contribution in [0.3, 0.4) is 0 Å². The summed E-state index contributed by atoms with van der Waals surface area (Å²) in [6.07, 6.45) is 2.26. The van der Waals surface area contributed by atoms with Gasteiger partial charge in [-0.2, -0.15) is 0 Å². The summed E-state index contributed by atoms with van der Waals surface area (Å²) in [4.78, 5) is 29.7. The summed E-state index contributed by atoms with van der Waals surface area (Å²) in [5.41, 5.74) is 10.3. The second kappa shape index (κ2) is 15.1. The Balaban J connectivity index is 1.40. The van der Waals surface area contributed by atoms with Crippen molar-refractivity contribution in [3.63, 3.8) is 0 Å². The summed E-state index contributed by atoms with van der Waals surface area (Å²) in [6, 6.07) is 21.2. The molecule has 3 aromatic heterocycles. The highest BCUT2D eigenvalue weighted by molar-refractivity contribution is 9.10. The van der Waals surface area contributed by atoms with Crippen LogP contribution in [0.15, 0.2) is 89.8 Å². The van der Waals surface area contributed by atoms with Crippen molar-refractivity contribution in [3.05, 3.63) is 107 Å². The molecule has 0 atom stereocenters. The number of carbonyl (C=O) groups is 1. The first kappa shape index (κ1) is 35.2. The normalized spacial score (nSPS) is 11.4. The Morgan fingerprint density at radius 3 is 2.53 bits per heavy atom. The van der Waals surface area contributed by atoms with Gasteiger partial charge >= 0.3 is 12.1 Å². The molecular weight excluding hydrogens is 721 g/mol. The van der Waals surface area contributed by atoms with Gasteiger partial charge in [0.25, 0.3) is 0 Å². The third-order valence-corrected chi connectivity index (χ3v) is 8.09. The number of carbonyl (C=O) groups excluding carboxylic acids is 1. The van der Waals surface area contributed by atoms with Crippen LogP contribution >= 0.6 is 15.9 Å². The van der Waals surface area contributed by atoms with E-state index in [1.165, 1.54) is 24.7 Å². The van der Waals surface area contributed by atoms with Crippen LogP contribution in [0.4, 0.5) is 20.7 Å². The second-order valence-electron chi connectivity index (χ2n) is 12.4. The molecule has 262 valence electrons. The van der Waals surface area contributed by atoms with Crippen LogP contribution in [0.5, 0.6) is 17.5 Å². The Kier molecular flexibility index (Phi) is 10.4. The third kappa shape index (κ3) is 8.41. The van der Waals surface area contributed by atoms with Crippen LogP contribution in [0.1, 0.15) is 32.0 Å².